The van der Waals surface area contributed by atoms with Gasteiger partial charge in [0.2, 0.25) is 7.28 Å². The molecule has 0 bridgehead atoms. The van der Waals surface area contributed by atoms with Gasteiger partial charge in [0.1, 0.15) is 17.5 Å². The van der Waals surface area contributed by atoms with E-state index in [0.717, 1.165) is 13.2 Å². The molecule has 0 aliphatic carbocycles. The molecule has 1 nitrogen and oxygen atoms in total. The fourth-order valence-electron chi connectivity index (χ4n) is 2.00. The average Bonchev–Trinajstić information content (AvgIpc) is 2.40. The molecule has 0 heterocycles. The highest BCUT2D eigenvalue weighted by Gasteiger charge is 2.22. The predicted molar refractivity (Wildman–Crippen MR) is 70.4 cm³/mol. The molecule has 0 N–H and O–H groups in total. The van der Waals surface area contributed by atoms with Gasteiger partial charge in [0.15, 0.2) is 17.4 Å². The van der Waals surface area contributed by atoms with Crippen molar-refractivity contribution in [2.75, 3.05) is 7.11 Å². The van der Waals surface area contributed by atoms with Gasteiger partial charge < -0.3 is 4.74 Å². The van der Waals surface area contributed by atoms with Gasteiger partial charge in [0.05, 0.1) is 7.11 Å². The lowest BCUT2D eigenvalue weighted by atomic mass is 9.63. The third kappa shape index (κ3) is 2.86. The zero-order valence-corrected chi connectivity index (χ0v) is 11.2. The lowest BCUT2D eigenvalue weighted by molar-refractivity contribution is 0.358. The van der Waals surface area contributed by atoms with Crippen molar-refractivity contribution in [1.29, 1.82) is 0 Å². The first-order valence-corrected chi connectivity index (χ1v) is 6.00. The molecule has 21 heavy (non-hydrogen) atoms. The van der Waals surface area contributed by atoms with Crippen LogP contribution in [0.1, 0.15) is 5.56 Å². The summed E-state index contributed by atoms with van der Waals surface area (Å²) < 4.78 is 72.3. The Balaban J connectivity index is 2.52. The van der Waals surface area contributed by atoms with E-state index in [4.69, 9.17) is 0 Å². The maximum Gasteiger partial charge on any atom is 0.204 e. The van der Waals surface area contributed by atoms with Crippen molar-refractivity contribution in [3.8, 4) is 5.75 Å². The summed E-state index contributed by atoms with van der Waals surface area (Å²) >= 11 is 0. The Labute approximate surface area is 118 Å². The molecular weight excluding hydrogens is 290 g/mol. The molecule has 110 valence electrons. The average molecular weight is 300 g/mol. The van der Waals surface area contributed by atoms with E-state index >= 15 is 0 Å². The van der Waals surface area contributed by atoms with Crippen molar-refractivity contribution in [2.24, 2.45) is 0 Å². The maximum atomic E-state index is 14.0. The van der Waals surface area contributed by atoms with E-state index in [0.29, 0.717) is 12.1 Å². The van der Waals surface area contributed by atoms with Crippen molar-refractivity contribution in [3.63, 3.8) is 0 Å². The third-order valence-corrected chi connectivity index (χ3v) is 3.12. The van der Waals surface area contributed by atoms with E-state index < -0.39 is 47.6 Å². The van der Waals surface area contributed by atoms with Crippen LogP contribution in [0.25, 0.3) is 0 Å². The smallest absolute Gasteiger partial charge is 0.204 e. The number of methoxy groups -OCH3 is 1. The van der Waals surface area contributed by atoms with Crippen LogP contribution in [-0.4, -0.2) is 14.4 Å². The van der Waals surface area contributed by atoms with Crippen molar-refractivity contribution in [3.05, 3.63) is 52.8 Å². The van der Waals surface area contributed by atoms with E-state index in [1.807, 2.05) is 0 Å². The molecule has 2 rings (SSSR count). The molecule has 0 atom stereocenters. The highest BCUT2D eigenvalue weighted by molar-refractivity contribution is 6.67. The normalized spacial score (nSPS) is 10.6. The van der Waals surface area contributed by atoms with Crippen molar-refractivity contribution in [1.82, 2.24) is 0 Å². The molecule has 2 aromatic carbocycles. The fraction of sp³-hybridized carbons (Fsp3) is 0.143. The van der Waals surface area contributed by atoms with E-state index in [9.17, 15) is 22.0 Å². The molecule has 0 fully saturated rings. The summed E-state index contributed by atoms with van der Waals surface area (Å²) in [6, 6.07) is 2.26. The standard InChI is InChI=1S/C14H10BF5O/c1-6-3-7(9(17)4-8(6)16)15-12-10(18)5-11(19)14(21-2)13(12)20/h3-5,15H,1-2H3. The number of rotatable bonds is 3. The Morgan fingerprint density at radius 2 is 1.48 bits per heavy atom. The van der Waals surface area contributed by atoms with E-state index in [1.54, 1.807) is 0 Å². The van der Waals surface area contributed by atoms with E-state index in [2.05, 4.69) is 4.74 Å². The summed E-state index contributed by atoms with van der Waals surface area (Å²) in [5.41, 5.74) is -0.500. The molecule has 2 aromatic rings. The molecule has 0 aromatic heterocycles. The van der Waals surface area contributed by atoms with Crippen LogP contribution < -0.4 is 15.7 Å². The fourth-order valence-corrected chi connectivity index (χ4v) is 2.00. The second kappa shape index (κ2) is 5.75. The molecule has 0 aliphatic heterocycles. The minimum Gasteiger partial charge on any atom is -0.491 e. The molecule has 0 amide bonds. The van der Waals surface area contributed by atoms with Gasteiger partial charge in [-0.25, -0.2) is 22.0 Å². The topological polar surface area (TPSA) is 9.23 Å². The third-order valence-electron chi connectivity index (χ3n) is 3.12. The Hall–Kier alpha value is -2.05. The van der Waals surface area contributed by atoms with Crippen LogP contribution in [0.15, 0.2) is 18.2 Å². The summed E-state index contributed by atoms with van der Waals surface area (Å²) in [7, 11) is 0.549. The minimum atomic E-state index is -1.24. The first-order valence-electron chi connectivity index (χ1n) is 6.00. The summed E-state index contributed by atoms with van der Waals surface area (Å²) in [6.45, 7) is 1.40. The highest BCUT2D eigenvalue weighted by Crippen LogP contribution is 2.20. The second-order valence-electron chi connectivity index (χ2n) is 4.54. The zero-order chi connectivity index (χ0) is 15.7. The lowest BCUT2D eigenvalue weighted by Crippen LogP contribution is -2.35. The van der Waals surface area contributed by atoms with Gasteiger partial charge in [-0.05, 0) is 23.4 Å². The molecule has 0 saturated carbocycles. The monoisotopic (exact) mass is 300 g/mol. The van der Waals surface area contributed by atoms with Gasteiger partial charge >= 0.3 is 0 Å². The van der Waals surface area contributed by atoms with Crippen LogP contribution in [0.4, 0.5) is 22.0 Å². The molecular formula is C14H10BF5O. The molecule has 0 saturated heterocycles. The number of aryl methyl sites for hydroxylation is 1. The van der Waals surface area contributed by atoms with Gasteiger partial charge in [-0.15, -0.1) is 0 Å². The van der Waals surface area contributed by atoms with Crippen LogP contribution in [0, 0.1) is 36.0 Å². The number of hydrogen-bond acceptors (Lipinski definition) is 1. The van der Waals surface area contributed by atoms with Crippen LogP contribution in [0.3, 0.4) is 0 Å². The van der Waals surface area contributed by atoms with Gasteiger partial charge in [0.25, 0.3) is 0 Å². The minimum absolute atomic E-state index is 0.0969. The molecule has 7 heteroatoms. The first kappa shape index (κ1) is 15.3. The van der Waals surface area contributed by atoms with Gasteiger partial charge in [0, 0.05) is 12.1 Å². The number of hydrogen-bond donors (Lipinski definition) is 0. The first-order chi connectivity index (χ1) is 9.85. The number of ether oxygens (including phenoxy) is 1. The largest absolute Gasteiger partial charge is 0.491 e. The Bertz CT molecular complexity index is 702. The van der Waals surface area contributed by atoms with Crippen LogP contribution >= 0.6 is 0 Å². The van der Waals surface area contributed by atoms with Crippen LogP contribution in [0.5, 0.6) is 5.75 Å². The number of halogens is 5. The maximum absolute atomic E-state index is 14.0. The zero-order valence-electron chi connectivity index (χ0n) is 11.2. The SMILES string of the molecule is COc1c(F)cc(F)c(Bc2cc(C)c(F)cc2F)c1F. The van der Waals surface area contributed by atoms with Crippen LogP contribution in [0.2, 0.25) is 0 Å². The van der Waals surface area contributed by atoms with Gasteiger partial charge in [-0.3, -0.25) is 0 Å². The molecule has 0 spiro atoms. The summed E-state index contributed by atoms with van der Waals surface area (Å²) in [4.78, 5) is 0. The van der Waals surface area contributed by atoms with E-state index in [1.165, 1.54) is 6.92 Å². The van der Waals surface area contributed by atoms with Gasteiger partial charge in [-0.1, -0.05) is 6.07 Å². The highest BCUT2D eigenvalue weighted by atomic mass is 19.2. The van der Waals surface area contributed by atoms with Crippen molar-refractivity contribution < 1.29 is 26.7 Å². The van der Waals surface area contributed by atoms with Crippen molar-refractivity contribution in [2.45, 2.75) is 6.92 Å². The second-order valence-corrected chi connectivity index (χ2v) is 4.54. The predicted octanol–water partition coefficient (Wildman–Crippen LogP) is 2.09. The quantitative estimate of drug-likeness (QED) is 0.623. The van der Waals surface area contributed by atoms with Crippen LogP contribution in [-0.2, 0) is 0 Å². The van der Waals surface area contributed by atoms with E-state index in [-0.39, 0.29) is 11.0 Å². The molecule has 0 radical (unpaired) electrons. The lowest BCUT2D eigenvalue weighted by Gasteiger charge is -2.10. The number of benzene rings is 2. The Kier molecular flexibility index (Phi) is 4.20. The Morgan fingerprint density at radius 1 is 0.857 bits per heavy atom. The Morgan fingerprint density at radius 3 is 2.10 bits per heavy atom. The summed E-state index contributed by atoms with van der Waals surface area (Å²) in [6.07, 6.45) is 0. The van der Waals surface area contributed by atoms with Gasteiger partial charge in [-0.2, -0.15) is 0 Å². The summed E-state index contributed by atoms with van der Waals surface area (Å²) in [5.74, 6) is -6.02. The molecule has 0 unspecified atom stereocenters. The molecule has 0 aliphatic rings. The summed E-state index contributed by atoms with van der Waals surface area (Å²) in [5, 5.41) is 0. The van der Waals surface area contributed by atoms with Crippen molar-refractivity contribution >= 4 is 18.2 Å².